The van der Waals surface area contributed by atoms with E-state index < -0.39 is 0 Å². The molecule has 0 spiro atoms. The van der Waals surface area contributed by atoms with E-state index in [0.29, 0.717) is 39.9 Å². The van der Waals surface area contributed by atoms with E-state index in [1.54, 1.807) is 60.7 Å². The van der Waals surface area contributed by atoms with Crippen LogP contribution < -0.4 is 28.1 Å². The van der Waals surface area contributed by atoms with Crippen LogP contribution in [0.3, 0.4) is 0 Å². The van der Waals surface area contributed by atoms with Gasteiger partial charge >= 0.3 is 178 Å². The van der Waals surface area contributed by atoms with Crippen LogP contribution in [0.15, 0.2) is 29.8 Å². The van der Waals surface area contributed by atoms with Crippen molar-refractivity contribution in [2.75, 3.05) is 35.5 Å². The van der Waals surface area contributed by atoms with Gasteiger partial charge < -0.3 is 0 Å². The first-order valence-corrected chi connectivity index (χ1v) is 11.3. The predicted octanol–water partition coefficient (Wildman–Crippen LogP) is 3.39. The van der Waals surface area contributed by atoms with Gasteiger partial charge in [0.25, 0.3) is 0 Å². The summed E-state index contributed by atoms with van der Waals surface area (Å²) in [6.45, 7) is 1.77. The maximum atomic E-state index is 13.1. The number of hydrogen-bond donors (Lipinski definition) is 0. The second kappa shape index (κ2) is 10.2. The molecule has 0 aromatic heterocycles. The molecule has 0 aliphatic heterocycles. The summed E-state index contributed by atoms with van der Waals surface area (Å²) in [5.74, 6) is 4.72. The Balaban J connectivity index is 2.51. The molecular weight excluding hydrogens is 439 g/mol. The van der Waals surface area contributed by atoms with E-state index in [1.165, 1.54) is 0 Å². The molecule has 156 valence electrons. The number of rotatable bonds is 9. The molecule has 0 fully saturated rings. The number of carbonyl (C=O) groups excluding carboxylic acids is 1. The van der Waals surface area contributed by atoms with E-state index in [9.17, 15) is 4.79 Å². The third-order valence-corrected chi connectivity index (χ3v) is 5.95. The van der Waals surface area contributed by atoms with Crippen molar-refractivity contribution in [3.8, 4) is 28.7 Å². The van der Waals surface area contributed by atoms with Crippen molar-refractivity contribution in [2.45, 2.75) is 12.7 Å². The predicted molar refractivity (Wildman–Crippen MR) is 115 cm³/mol. The molecule has 0 unspecified atom stereocenters. The van der Waals surface area contributed by atoms with Gasteiger partial charge in [-0.25, -0.2) is 0 Å². The Morgan fingerprint density at radius 3 is 1.97 bits per heavy atom. The van der Waals surface area contributed by atoms with Crippen molar-refractivity contribution in [3.63, 3.8) is 0 Å². The van der Waals surface area contributed by atoms with Gasteiger partial charge in [-0.1, -0.05) is 0 Å². The third-order valence-electron chi connectivity index (χ3n) is 4.39. The molecule has 0 aliphatic carbocycles. The van der Waals surface area contributed by atoms with Crippen LogP contribution in [0.5, 0.6) is 28.7 Å². The molecule has 0 bridgehead atoms. The van der Waals surface area contributed by atoms with Gasteiger partial charge in [0.15, 0.2) is 0 Å². The molecule has 0 aliphatic rings. The van der Waals surface area contributed by atoms with E-state index in [0.717, 1.165) is 10.0 Å². The van der Waals surface area contributed by atoms with Crippen molar-refractivity contribution in [3.05, 3.63) is 41.0 Å². The van der Waals surface area contributed by atoms with Crippen LogP contribution in [0.4, 0.5) is 0 Å². The summed E-state index contributed by atoms with van der Waals surface area (Å²) in [5.41, 5.74) is 1.82. The number of methoxy groups -OCH3 is 5. The molecule has 7 heteroatoms. The van der Waals surface area contributed by atoms with Gasteiger partial charge in [0.1, 0.15) is 0 Å². The number of ketones is 1. The summed E-state index contributed by atoms with van der Waals surface area (Å²) >= 11 is 0.138. The molecule has 2 aromatic carbocycles. The molecular formula is C22H26O6Se. The number of Topliss-reactive ketones (excluding diaryl/α,β-unsaturated/α-hetero) is 1. The quantitative estimate of drug-likeness (QED) is 0.322. The topological polar surface area (TPSA) is 63.2 Å². The Hall–Kier alpha value is -2.63. The van der Waals surface area contributed by atoms with E-state index in [4.69, 9.17) is 23.7 Å². The normalized spacial score (nSPS) is 11.1. The number of allylic oxidation sites excluding steroid dienone is 1. The van der Waals surface area contributed by atoms with Gasteiger partial charge in [0.05, 0.1) is 0 Å². The minimum absolute atomic E-state index is 0.103. The van der Waals surface area contributed by atoms with E-state index in [2.05, 4.69) is 5.82 Å². The molecule has 6 nitrogen and oxygen atoms in total. The fraction of sp³-hybridized carbons (Fsp3) is 0.318. The Bertz CT molecular complexity index is 895. The summed E-state index contributed by atoms with van der Waals surface area (Å²) in [6.07, 6.45) is 1.77. The molecule has 0 N–H and O–H groups in total. The van der Waals surface area contributed by atoms with Crippen molar-refractivity contribution >= 4 is 31.3 Å². The Morgan fingerprint density at radius 2 is 1.45 bits per heavy atom. The summed E-state index contributed by atoms with van der Waals surface area (Å²) in [6, 6.07) is 7.18. The molecule has 0 heterocycles. The van der Waals surface area contributed by atoms with Crippen LogP contribution in [-0.2, 0) is 0 Å². The monoisotopic (exact) mass is 466 g/mol. The van der Waals surface area contributed by atoms with Crippen molar-refractivity contribution in [1.29, 1.82) is 0 Å². The second-order valence-corrected chi connectivity index (χ2v) is 7.77. The molecule has 0 saturated heterocycles. The van der Waals surface area contributed by atoms with E-state index >= 15 is 0 Å². The Kier molecular flexibility index (Phi) is 8.00. The van der Waals surface area contributed by atoms with Crippen LogP contribution >= 0.6 is 0 Å². The third kappa shape index (κ3) is 4.69. The van der Waals surface area contributed by atoms with Crippen LogP contribution in [0.2, 0.25) is 5.82 Å². The SMILES string of the molecule is COc1cc(C(=O)/C(C)=C/c2ccc(OC)c(OC)c2OC)cc([Se]C)c1OC. The Morgan fingerprint density at radius 1 is 0.828 bits per heavy atom. The Labute approximate surface area is 177 Å². The summed E-state index contributed by atoms with van der Waals surface area (Å²) in [4.78, 5) is 13.1. The van der Waals surface area contributed by atoms with Crippen LogP contribution in [-0.4, -0.2) is 56.3 Å². The summed E-state index contributed by atoms with van der Waals surface area (Å²) in [7, 11) is 7.82. The number of hydrogen-bond acceptors (Lipinski definition) is 6. The number of ether oxygens (including phenoxy) is 5. The van der Waals surface area contributed by atoms with Gasteiger partial charge in [-0.3, -0.25) is 0 Å². The van der Waals surface area contributed by atoms with E-state index in [1.807, 2.05) is 12.1 Å². The number of benzene rings is 2. The molecule has 0 saturated carbocycles. The van der Waals surface area contributed by atoms with Crippen LogP contribution in [0, 0.1) is 0 Å². The maximum absolute atomic E-state index is 13.1. The van der Waals surface area contributed by atoms with Gasteiger partial charge in [-0.2, -0.15) is 0 Å². The number of carbonyl (C=O) groups is 1. The van der Waals surface area contributed by atoms with Crippen molar-refractivity contribution < 1.29 is 28.5 Å². The fourth-order valence-corrected chi connectivity index (χ4v) is 4.27. The zero-order chi connectivity index (χ0) is 21.6. The molecule has 0 atom stereocenters. The van der Waals surface area contributed by atoms with Gasteiger partial charge in [-0.05, 0) is 0 Å². The zero-order valence-corrected chi connectivity index (χ0v) is 19.5. The molecule has 29 heavy (non-hydrogen) atoms. The van der Waals surface area contributed by atoms with Crippen molar-refractivity contribution in [2.24, 2.45) is 0 Å². The summed E-state index contributed by atoms with van der Waals surface area (Å²) in [5, 5.41) is 0. The van der Waals surface area contributed by atoms with Gasteiger partial charge in [0.2, 0.25) is 0 Å². The molecule has 2 rings (SSSR count). The standard InChI is InChI=1S/C22H26O6Se/c1-13(10-14-8-9-16(24-2)22(28-6)20(14)26-4)19(23)15-11-17(25-3)21(27-5)18(12-15)29-7/h8-12H,1-7H3/b13-10+. The molecule has 2 aromatic rings. The molecule has 0 amide bonds. The average molecular weight is 465 g/mol. The first-order chi connectivity index (χ1) is 13.9. The van der Waals surface area contributed by atoms with Gasteiger partial charge in [-0.15, -0.1) is 0 Å². The zero-order valence-electron chi connectivity index (χ0n) is 17.7. The van der Waals surface area contributed by atoms with Gasteiger partial charge in [0, 0.05) is 0 Å². The van der Waals surface area contributed by atoms with Crippen LogP contribution in [0.25, 0.3) is 6.08 Å². The fourth-order valence-electron chi connectivity index (χ4n) is 2.98. The molecule has 0 radical (unpaired) electrons. The first kappa shape index (κ1) is 22.7. The van der Waals surface area contributed by atoms with Crippen molar-refractivity contribution in [1.82, 2.24) is 0 Å². The second-order valence-electron chi connectivity index (χ2n) is 5.99. The van der Waals surface area contributed by atoms with Crippen LogP contribution in [0.1, 0.15) is 22.8 Å². The average Bonchev–Trinajstić information content (AvgIpc) is 2.76. The minimum atomic E-state index is -0.103. The first-order valence-electron chi connectivity index (χ1n) is 8.77. The summed E-state index contributed by atoms with van der Waals surface area (Å²) < 4.78 is 28.1. The van der Waals surface area contributed by atoms with E-state index in [-0.39, 0.29) is 20.7 Å².